The summed E-state index contributed by atoms with van der Waals surface area (Å²) in [5.74, 6) is 0.468. The van der Waals surface area contributed by atoms with E-state index < -0.39 is 0 Å². The Morgan fingerprint density at radius 1 is 1.67 bits per heavy atom. The third kappa shape index (κ3) is 0.360. The molecular weight excluding hydrogens is 76.1 g/mol. The van der Waals surface area contributed by atoms with Crippen LogP contribution in [-0.2, 0) is 0 Å². The second kappa shape index (κ2) is 1.05. The van der Waals surface area contributed by atoms with Crippen LogP contribution >= 0.6 is 0 Å². The average molecular weight is 81.1 g/mol. The topological polar surface area (TPSA) is 39.6 Å². The molecule has 0 atom stereocenters. The first-order chi connectivity index (χ1) is 2.89. The third-order valence-corrected chi connectivity index (χ3v) is 0.598. The lowest BCUT2D eigenvalue weighted by Crippen LogP contribution is -1.58. The molecule has 0 saturated carbocycles. The first-order valence-corrected chi connectivity index (χ1v) is 1.74. The van der Waals surface area contributed by atoms with E-state index in [-0.39, 0.29) is 0 Å². The lowest BCUT2D eigenvalue weighted by Gasteiger charge is -1.69. The highest BCUT2D eigenvalue weighted by atomic mass is 14.8. The van der Waals surface area contributed by atoms with Crippen LogP contribution in [0.5, 0.6) is 0 Å². The molecule has 0 saturated heterocycles. The quantitative estimate of drug-likeness (QED) is 0.482. The number of hydrogen-bond donors (Lipinski definition) is 1. The van der Waals surface area contributed by atoms with E-state index in [4.69, 9.17) is 5.73 Å². The van der Waals surface area contributed by atoms with Crippen LogP contribution in [0.2, 0.25) is 0 Å². The summed E-state index contributed by atoms with van der Waals surface area (Å²) in [7, 11) is 0. The van der Waals surface area contributed by atoms with Crippen LogP contribution in [0.1, 0.15) is 0 Å². The van der Waals surface area contributed by atoms with Crippen molar-refractivity contribution in [3.05, 3.63) is 18.3 Å². The Balaban J connectivity index is 3.05. The van der Waals surface area contributed by atoms with E-state index in [1.54, 1.807) is 18.3 Å². The molecule has 6 heavy (non-hydrogen) atoms. The largest absolute Gasteiger partial charge is 0.347 e. The lowest BCUT2D eigenvalue weighted by atomic mass is 10.6. The summed E-state index contributed by atoms with van der Waals surface area (Å²) in [6, 6.07) is 3.49. The fraction of sp³-hybridized carbons (Fsp3) is 0. The van der Waals surface area contributed by atoms with Crippen molar-refractivity contribution < 1.29 is 0 Å². The fourth-order valence-electron chi connectivity index (χ4n) is 0.330. The van der Waals surface area contributed by atoms with Crippen molar-refractivity contribution in [3.63, 3.8) is 0 Å². The van der Waals surface area contributed by atoms with Gasteiger partial charge in [0.05, 0.1) is 0 Å². The van der Waals surface area contributed by atoms with Gasteiger partial charge in [-0.05, 0) is 12.1 Å². The zero-order valence-corrected chi connectivity index (χ0v) is 3.23. The van der Waals surface area contributed by atoms with Gasteiger partial charge in [0, 0.05) is 6.20 Å². The summed E-state index contributed by atoms with van der Waals surface area (Å²) in [5, 5.41) is 0. The summed E-state index contributed by atoms with van der Waals surface area (Å²) in [4.78, 5) is 2.67. The minimum absolute atomic E-state index is 0.468. The van der Waals surface area contributed by atoms with Crippen LogP contribution in [-0.4, -0.2) is 4.98 Å². The van der Waals surface area contributed by atoms with Crippen molar-refractivity contribution in [1.82, 2.24) is 10.7 Å². The number of hydrogen-bond acceptors (Lipinski definition) is 0. The molecule has 0 aliphatic rings. The van der Waals surface area contributed by atoms with Crippen LogP contribution < -0.4 is 5.73 Å². The van der Waals surface area contributed by atoms with Crippen LogP contribution in [0.15, 0.2) is 18.3 Å². The predicted molar refractivity (Wildman–Crippen MR) is 23.5 cm³/mol. The molecule has 1 heterocycles. The zero-order chi connectivity index (χ0) is 4.41. The van der Waals surface area contributed by atoms with E-state index in [1.165, 1.54) is 0 Å². The minimum Gasteiger partial charge on any atom is -0.347 e. The van der Waals surface area contributed by atoms with Crippen molar-refractivity contribution >= 4 is 5.82 Å². The van der Waals surface area contributed by atoms with Gasteiger partial charge in [-0.25, -0.2) is 0 Å². The van der Waals surface area contributed by atoms with E-state index in [9.17, 15) is 0 Å². The van der Waals surface area contributed by atoms with Gasteiger partial charge in [0.2, 0.25) is 0 Å². The number of rotatable bonds is 0. The van der Waals surface area contributed by atoms with Gasteiger partial charge in [-0.3, -0.25) is 5.73 Å². The Kier molecular flexibility index (Phi) is 0.572. The SMILES string of the molecule is [NH]c1ccc[nH]1. The standard InChI is InChI=1S/C4H5N2/c5-4-2-1-3-6-4/h1-3,5-6H. The van der Waals surface area contributed by atoms with E-state index in [2.05, 4.69) is 4.98 Å². The maximum atomic E-state index is 6.82. The summed E-state index contributed by atoms with van der Waals surface area (Å²) < 4.78 is 0. The summed E-state index contributed by atoms with van der Waals surface area (Å²) >= 11 is 0. The Morgan fingerprint density at radius 2 is 2.50 bits per heavy atom. The van der Waals surface area contributed by atoms with Crippen molar-refractivity contribution in [2.24, 2.45) is 0 Å². The van der Waals surface area contributed by atoms with Crippen molar-refractivity contribution in [1.29, 1.82) is 0 Å². The van der Waals surface area contributed by atoms with E-state index in [0.29, 0.717) is 5.82 Å². The Bertz CT molecular complexity index is 109. The number of nitrogens with one attached hydrogen (secondary N) is 2. The summed E-state index contributed by atoms with van der Waals surface area (Å²) in [6.07, 6.45) is 1.72. The number of H-pyrrole nitrogens is 1. The highest BCUT2D eigenvalue weighted by Gasteiger charge is 1.74. The molecule has 0 fully saturated rings. The van der Waals surface area contributed by atoms with Gasteiger partial charge in [0.25, 0.3) is 0 Å². The first-order valence-electron chi connectivity index (χ1n) is 1.74. The third-order valence-electron chi connectivity index (χ3n) is 0.598. The van der Waals surface area contributed by atoms with Gasteiger partial charge in [-0.15, -0.1) is 0 Å². The highest BCUT2D eigenvalue weighted by Crippen LogP contribution is 1.93. The van der Waals surface area contributed by atoms with Crippen LogP contribution in [0.25, 0.3) is 0 Å². The molecule has 0 unspecified atom stereocenters. The average Bonchev–Trinajstić information content (AvgIpc) is 1.86. The zero-order valence-electron chi connectivity index (χ0n) is 3.23. The molecule has 1 radical (unpaired) electrons. The van der Waals surface area contributed by atoms with Crippen LogP contribution in [0.3, 0.4) is 0 Å². The molecule has 2 N–H and O–H groups in total. The smallest absolute Gasteiger partial charge is 0.122 e. The first kappa shape index (κ1) is 3.28. The Hall–Kier alpha value is -0.920. The molecule has 2 nitrogen and oxygen atoms in total. The monoisotopic (exact) mass is 81.0 g/mol. The predicted octanol–water partition coefficient (Wildman–Crippen LogP) is 0.929. The number of aromatic amines is 1. The van der Waals surface area contributed by atoms with Gasteiger partial charge in [-0.1, -0.05) is 0 Å². The molecule has 0 spiro atoms. The number of aromatic nitrogens is 1. The van der Waals surface area contributed by atoms with Gasteiger partial charge in [0.1, 0.15) is 5.82 Å². The van der Waals surface area contributed by atoms with E-state index >= 15 is 0 Å². The molecule has 0 amide bonds. The summed E-state index contributed by atoms with van der Waals surface area (Å²) in [6.45, 7) is 0. The van der Waals surface area contributed by atoms with Crippen molar-refractivity contribution in [2.75, 3.05) is 0 Å². The van der Waals surface area contributed by atoms with E-state index in [1.807, 2.05) is 0 Å². The highest BCUT2D eigenvalue weighted by molar-refractivity contribution is 5.21. The maximum absolute atomic E-state index is 6.82. The fourth-order valence-corrected chi connectivity index (χ4v) is 0.330. The molecule has 0 aliphatic carbocycles. The molecule has 0 bridgehead atoms. The summed E-state index contributed by atoms with van der Waals surface area (Å²) in [5.41, 5.74) is 6.82. The lowest BCUT2D eigenvalue weighted by molar-refractivity contribution is 1.31. The minimum atomic E-state index is 0.468. The molecule has 0 aromatic carbocycles. The van der Waals surface area contributed by atoms with E-state index in [0.717, 1.165) is 0 Å². The van der Waals surface area contributed by atoms with Gasteiger partial charge in [0.15, 0.2) is 0 Å². The molecule has 1 aromatic rings. The Labute approximate surface area is 36.0 Å². The molecular formula is C4H5N2. The normalized spacial score (nSPS) is 8.67. The second-order valence-corrected chi connectivity index (χ2v) is 1.08. The maximum Gasteiger partial charge on any atom is 0.122 e. The van der Waals surface area contributed by atoms with Crippen molar-refractivity contribution in [3.8, 4) is 0 Å². The van der Waals surface area contributed by atoms with Gasteiger partial charge in [-0.2, -0.15) is 0 Å². The van der Waals surface area contributed by atoms with Gasteiger partial charge < -0.3 is 4.98 Å². The Morgan fingerprint density at radius 3 is 2.67 bits per heavy atom. The van der Waals surface area contributed by atoms with Crippen LogP contribution in [0.4, 0.5) is 5.82 Å². The molecule has 31 valence electrons. The van der Waals surface area contributed by atoms with Crippen LogP contribution in [0, 0.1) is 0 Å². The van der Waals surface area contributed by atoms with Crippen molar-refractivity contribution in [2.45, 2.75) is 0 Å². The second-order valence-electron chi connectivity index (χ2n) is 1.08. The molecule has 2 heteroatoms. The molecule has 0 aliphatic heterocycles. The van der Waals surface area contributed by atoms with Gasteiger partial charge >= 0.3 is 0 Å². The molecule has 1 rings (SSSR count). The molecule has 1 aromatic heterocycles.